The summed E-state index contributed by atoms with van der Waals surface area (Å²) in [6.45, 7) is 2.68. The number of carbonyl (C=O) groups excluding carboxylic acids is 1. The second-order valence-electron chi connectivity index (χ2n) is 12.1. The maximum atomic E-state index is 12.7. The van der Waals surface area contributed by atoms with Crippen LogP contribution in [0.2, 0.25) is 5.02 Å². The maximum absolute atomic E-state index is 12.7. The van der Waals surface area contributed by atoms with E-state index in [1.165, 1.54) is 0 Å². The predicted molar refractivity (Wildman–Crippen MR) is 196 cm³/mol. The molecule has 52 heavy (non-hydrogen) atoms. The van der Waals surface area contributed by atoms with Gasteiger partial charge in [-0.1, -0.05) is 23.7 Å². The minimum absolute atomic E-state index is 0.218. The first kappa shape index (κ1) is 36.3. The van der Waals surface area contributed by atoms with Crippen molar-refractivity contribution in [1.29, 1.82) is 0 Å². The molecule has 1 amide bonds. The zero-order chi connectivity index (χ0) is 37.0. The standard InChI is InChI=1S/C38H41ClN4O9/c1-38(21-34(51-42-38)23-17-32(47-5)35(49-7)33(18-23)48-6)24-9-13-28(45-3)31(19-24)52-43(2)14-15-50-29-12-8-22(16-30(29)46-4)36-40-27-11-10-25(39)20-26(27)37(44)41-36/h8-13,16-21,36,40,42H,14-15H2,1-7H3,(H,41,44). The molecule has 14 heteroatoms. The zero-order valence-corrected chi connectivity index (χ0v) is 30.7. The fourth-order valence-corrected chi connectivity index (χ4v) is 6.11. The lowest BCUT2D eigenvalue weighted by Crippen LogP contribution is -2.38. The minimum Gasteiger partial charge on any atom is -0.493 e. The van der Waals surface area contributed by atoms with Crippen LogP contribution >= 0.6 is 11.6 Å². The van der Waals surface area contributed by atoms with Crippen molar-refractivity contribution < 1.29 is 42.9 Å². The first-order valence-electron chi connectivity index (χ1n) is 16.3. The van der Waals surface area contributed by atoms with E-state index in [-0.39, 0.29) is 12.5 Å². The van der Waals surface area contributed by atoms with Crippen LogP contribution in [-0.4, -0.2) is 66.7 Å². The first-order valence-corrected chi connectivity index (χ1v) is 16.7. The van der Waals surface area contributed by atoms with E-state index in [9.17, 15) is 4.79 Å². The van der Waals surface area contributed by atoms with E-state index >= 15 is 0 Å². The Morgan fingerprint density at radius 2 is 1.50 bits per heavy atom. The quantitative estimate of drug-likeness (QED) is 0.125. The van der Waals surface area contributed by atoms with Gasteiger partial charge in [0.25, 0.3) is 5.91 Å². The van der Waals surface area contributed by atoms with Gasteiger partial charge in [0.15, 0.2) is 40.3 Å². The number of fused-ring (bicyclic) bond motifs is 1. The number of likely N-dealkylation sites (N-methyl/N-ethyl adjacent to an activating group) is 1. The highest BCUT2D eigenvalue weighted by Gasteiger charge is 2.34. The molecule has 0 bridgehead atoms. The van der Waals surface area contributed by atoms with E-state index in [0.717, 1.165) is 16.7 Å². The van der Waals surface area contributed by atoms with Crippen LogP contribution in [0.5, 0.6) is 40.2 Å². The normalized spacial score (nSPS) is 17.6. The van der Waals surface area contributed by atoms with Gasteiger partial charge in [-0.3, -0.25) is 4.79 Å². The molecule has 3 N–H and O–H groups in total. The third-order valence-corrected chi connectivity index (χ3v) is 8.98. The predicted octanol–water partition coefficient (Wildman–Crippen LogP) is 6.33. The molecule has 0 spiro atoms. The van der Waals surface area contributed by atoms with Gasteiger partial charge in [-0.2, -0.15) is 0 Å². The fourth-order valence-electron chi connectivity index (χ4n) is 5.94. The molecular weight excluding hydrogens is 692 g/mol. The summed E-state index contributed by atoms with van der Waals surface area (Å²) in [5, 5.41) is 8.44. The second-order valence-corrected chi connectivity index (χ2v) is 12.6. The highest BCUT2D eigenvalue weighted by molar-refractivity contribution is 6.31. The summed E-state index contributed by atoms with van der Waals surface area (Å²) in [4.78, 5) is 24.9. The van der Waals surface area contributed by atoms with E-state index in [2.05, 4.69) is 16.1 Å². The van der Waals surface area contributed by atoms with Crippen molar-refractivity contribution in [1.82, 2.24) is 15.9 Å². The number of carbonyl (C=O) groups is 1. The van der Waals surface area contributed by atoms with Crippen LogP contribution in [-0.2, 0) is 10.4 Å². The number of nitrogens with zero attached hydrogens (tertiary/aromatic N) is 1. The van der Waals surface area contributed by atoms with Crippen LogP contribution in [0.15, 0.2) is 72.8 Å². The minimum atomic E-state index is -0.711. The van der Waals surface area contributed by atoms with Crippen LogP contribution in [0.4, 0.5) is 5.69 Å². The number of amides is 1. The topological polar surface area (TPSA) is 130 Å². The van der Waals surface area contributed by atoms with Crippen molar-refractivity contribution in [2.45, 2.75) is 18.6 Å². The van der Waals surface area contributed by atoms with Gasteiger partial charge in [0.2, 0.25) is 5.75 Å². The second kappa shape index (κ2) is 15.4. The molecule has 0 saturated carbocycles. The summed E-state index contributed by atoms with van der Waals surface area (Å²) in [5.74, 6) is 4.03. The van der Waals surface area contributed by atoms with E-state index in [1.807, 2.05) is 61.5 Å². The van der Waals surface area contributed by atoms with Gasteiger partial charge in [0.1, 0.15) is 12.8 Å². The number of halogens is 1. The molecule has 0 radical (unpaired) electrons. The number of rotatable bonds is 14. The smallest absolute Gasteiger partial charge is 0.255 e. The van der Waals surface area contributed by atoms with Crippen LogP contribution in [0.25, 0.3) is 5.76 Å². The van der Waals surface area contributed by atoms with Crippen LogP contribution < -0.4 is 49.4 Å². The number of methoxy groups -OCH3 is 5. The Morgan fingerprint density at radius 1 is 0.788 bits per heavy atom. The monoisotopic (exact) mass is 732 g/mol. The molecule has 2 aliphatic rings. The number of hydroxylamine groups is 3. The van der Waals surface area contributed by atoms with E-state index in [4.69, 9.17) is 49.7 Å². The fraction of sp³-hybridized carbons (Fsp3) is 0.289. The highest BCUT2D eigenvalue weighted by Crippen LogP contribution is 2.43. The molecule has 0 fully saturated rings. The Balaban J connectivity index is 1.11. The summed E-state index contributed by atoms with van der Waals surface area (Å²) in [5.41, 5.74) is 6.03. The largest absolute Gasteiger partial charge is 0.493 e. The van der Waals surface area contributed by atoms with Gasteiger partial charge in [-0.25, -0.2) is 0 Å². The number of hydrogen-bond donors (Lipinski definition) is 3. The SMILES string of the molecule is COc1cc(C2NC(=O)c3cc(Cl)ccc3N2)ccc1OCCN(C)Oc1cc(C2(C)C=C(c3cc(OC)c(OC)c(OC)c3)ON2)ccc1OC. The molecule has 2 unspecified atom stereocenters. The molecule has 4 aromatic rings. The van der Waals surface area contributed by atoms with Gasteiger partial charge < -0.3 is 48.7 Å². The van der Waals surface area contributed by atoms with Gasteiger partial charge >= 0.3 is 0 Å². The number of ether oxygens (including phenoxy) is 6. The molecule has 0 aromatic heterocycles. The maximum Gasteiger partial charge on any atom is 0.255 e. The summed E-state index contributed by atoms with van der Waals surface area (Å²) in [6.07, 6.45) is 1.52. The molecule has 4 aromatic carbocycles. The van der Waals surface area contributed by atoms with E-state index < -0.39 is 11.7 Å². The van der Waals surface area contributed by atoms with Crippen LogP contribution in [0.3, 0.4) is 0 Å². The summed E-state index contributed by atoms with van der Waals surface area (Å²) in [6, 6.07) is 20.0. The Hall–Kier alpha value is -5.50. The number of anilines is 1. The molecular formula is C38H41ClN4O9. The Kier molecular flexibility index (Phi) is 10.7. The summed E-state index contributed by atoms with van der Waals surface area (Å²) < 4.78 is 33.8. The highest BCUT2D eigenvalue weighted by atomic mass is 35.5. The van der Waals surface area contributed by atoms with Gasteiger partial charge in [-0.15, -0.1) is 10.5 Å². The van der Waals surface area contributed by atoms with Crippen molar-refractivity contribution in [2.75, 3.05) is 61.1 Å². The molecule has 2 heterocycles. The average Bonchev–Trinajstić information content (AvgIpc) is 3.57. The molecule has 2 atom stereocenters. The van der Waals surface area contributed by atoms with Gasteiger partial charge in [0, 0.05) is 23.3 Å². The Morgan fingerprint density at radius 3 is 2.19 bits per heavy atom. The van der Waals surface area contributed by atoms with Crippen LogP contribution in [0.1, 0.15) is 40.1 Å². The van der Waals surface area contributed by atoms with E-state index in [1.54, 1.807) is 65.9 Å². The van der Waals surface area contributed by atoms with Crippen molar-refractivity contribution in [3.05, 3.63) is 100 Å². The van der Waals surface area contributed by atoms with Gasteiger partial charge in [-0.05, 0) is 78.7 Å². The lowest BCUT2D eigenvalue weighted by molar-refractivity contribution is -0.0419. The Bertz CT molecular complexity index is 1970. The Labute approximate surface area is 307 Å². The molecule has 0 saturated heterocycles. The number of nitrogens with one attached hydrogen (secondary N) is 3. The van der Waals surface area contributed by atoms with Crippen molar-refractivity contribution in [3.8, 4) is 40.2 Å². The molecule has 0 aliphatic carbocycles. The van der Waals surface area contributed by atoms with E-state index in [0.29, 0.717) is 68.8 Å². The molecule has 274 valence electrons. The lowest BCUT2D eigenvalue weighted by atomic mass is 9.91. The average molecular weight is 733 g/mol. The summed E-state index contributed by atoms with van der Waals surface area (Å²) >= 11 is 6.08. The van der Waals surface area contributed by atoms with Crippen molar-refractivity contribution in [2.24, 2.45) is 0 Å². The summed E-state index contributed by atoms with van der Waals surface area (Å²) in [7, 11) is 9.66. The third kappa shape index (κ3) is 7.42. The van der Waals surface area contributed by atoms with Crippen LogP contribution in [0, 0.1) is 0 Å². The molecule has 2 aliphatic heterocycles. The zero-order valence-electron chi connectivity index (χ0n) is 29.9. The molecule has 6 rings (SSSR count). The molecule has 13 nitrogen and oxygen atoms in total. The third-order valence-electron chi connectivity index (χ3n) is 8.75. The van der Waals surface area contributed by atoms with Crippen molar-refractivity contribution in [3.63, 3.8) is 0 Å². The number of benzene rings is 4. The lowest BCUT2D eigenvalue weighted by Gasteiger charge is -2.28. The first-order chi connectivity index (χ1) is 25.1. The van der Waals surface area contributed by atoms with Gasteiger partial charge in [0.05, 0.1) is 53.2 Å². The van der Waals surface area contributed by atoms with Crippen molar-refractivity contribution >= 4 is 29.0 Å². The number of hydrogen-bond acceptors (Lipinski definition) is 12.